The molecule has 3 rings (SSSR count). The van der Waals surface area contributed by atoms with Gasteiger partial charge in [-0.2, -0.15) is 0 Å². The molecule has 0 aliphatic carbocycles. The van der Waals surface area contributed by atoms with Gasteiger partial charge in [0.05, 0.1) is 6.04 Å². The summed E-state index contributed by atoms with van der Waals surface area (Å²) in [7, 11) is 0. The first-order chi connectivity index (χ1) is 12.3. The van der Waals surface area contributed by atoms with E-state index in [1.807, 2.05) is 44.2 Å². The summed E-state index contributed by atoms with van der Waals surface area (Å²) in [6.45, 7) is 4.03. The van der Waals surface area contributed by atoms with Gasteiger partial charge in [0.25, 0.3) is 5.91 Å². The van der Waals surface area contributed by atoms with Gasteiger partial charge in [0, 0.05) is 18.8 Å². The summed E-state index contributed by atoms with van der Waals surface area (Å²) in [6, 6.07) is 9.30. The summed E-state index contributed by atoms with van der Waals surface area (Å²) in [4.78, 5) is 37.9. The molecule has 0 fully saturated rings. The van der Waals surface area contributed by atoms with Crippen LogP contribution in [0.15, 0.2) is 41.3 Å². The Hall–Kier alpha value is -3.09. The molecule has 7 nitrogen and oxygen atoms in total. The highest BCUT2D eigenvalue weighted by Gasteiger charge is 2.37. The normalized spacial score (nSPS) is 16.7. The number of aromatic nitrogens is 1. The zero-order chi connectivity index (χ0) is 19.0. The average Bonchev–Trinajstić information content (AvgIpc) is 2.58. The molecule has 1 unspecified atom stereocenters. The average molecular weight is 356 g/mol. The summed E-state index contributed by atoms with van der Waals surface area (Å²) >= 11 is 0. The molecular weight excluding hydrogens is 336 g/mol. The molecule has 1 aromatic heterocycles. The van der Waals surface area contributed by atoms with E-state index in [4.69, 9.17) is 0 Å². The maximum Gasteiger partial charge on any atom is 0.341 e. The second kappa shape index (κ2) is 6.67. The van der Waals surface area contributed by atoms with Crippen LogP contribution in [0, 0.1) is 0 Å². The molecule has 1 aliphatic rings. The number of aromatic carboxylic acids is 1. The monoisotopic (exact) mass is 356 g/mol. The Bertz CT molecular complexity index is 918. The number of hydrogen-bond donors (Lipinski definition) is 2. The highest BCUT2D eigenvalue weighted by atomic mass is 16.4. The molecule has 1 amide bonds. The Kier molecular flexibility index (Phi) is 4.54. The topological polar surface area (TPSA) is 99.8 Å². The van der Waals surface area contributed by atoms with E-state index in [-0.39, 0.29) is 17.8 Å². The first kappa shape index (κ1) is 17.7. The van der Waals surface area contributed by atoms with E-state index in [0.29, 0.717) is 13.0 Å². The summed E-state index contributed by atoms with van der Waals surface area (Å²) < 4.78 is 1.38. The lowest BCUT2D eigenvalue weighted by Gasteiger charge is -2.40. The fourth-order valence-corrected chi connectivity index (χ4v) is 3.48. The highest BCUT2D eigenvalue weighted by molar-refractivity contribution is 5.97. The Morgan fingerprint density at radius 2 is 1.88 bits per heavy atom. The van der Waals surface area contributed by atoms with Crippen molar-refractivity contribution < 1.29 is 19.8 Å². The Morgan fingerprint density at radius 3 is 2.46 bits per heavy atom. The van der Waals surface area contributed by atoms with Gasteiger partial charge < -0.3 is 19.7 Å². The first-order valence-corrected chi connectivity index (χ1v) is 8.37. The Labute approximate surface area is 150 Å². The van der Waals surface area contributed by atoms with Crippen LogP contribution >= 0.6 is 0 Å². The third kappa shape index (κ3) is 2.96. The van der Waals surface area contributed by atoms with Gasteiger partial charge in [-0.3, -0.25) is 9.59 Å². The number of carboxylic acids is 1. The van der Waals surface area contributed by atoms with Crippen LogP contribution in [0.1, 0.15) is 40.3 Å². The van der Waals surface area contributed by atoms with Gasteiger partial charge in [-0.25, -0.2) is 4.79 Å². The summed E-state index contributed by atoms with van der Waals surface area (Å²) in [5.41, 5.74) is -0.695. The number of hydrogen-bond acceptors (Lipinski definition) is 4. The minimum Gasteiger partial charge on any atom is -0.503 e. The first-order valence-electron chi connectivity index (χ1n) is 8.37. The van der Waals surface area contributed by atoms with Crippen molar-refractivity contribution in [2.24, 2.45) is 0 Å². The lowest BCUT2D eigenvalue weighted by molar-refractivity contribution is 0.0499. The van der Waals surface area contributed by atoms with E-state index in [0.717, 1.165) is 11.8 Å². The highest BCUT2D eigenvalue weighted by Crippen LogP contribution is 2.27. The number of carboxylic acid groups (broad SMARTS) is 1. The van der Waals surface area contributed by atoms with Crippen molar-refractivity contribution in [1.82, 2.24) is 9.47 Å². The number of carbonyl (C=O) groups excluding carboxylic acids is 1. The van der Waals surface area contributed by atoms with Crippen molar-refractivity contribution in [3.8, 4) is 5.75 Å². The van der Waals surface area contributed by atoms with Gasteiger partial charge >= 0.3 is 5.97 Å². The fraction of sp³-hybridized carbons (Fsp3) is 0.316. The van der Waals surface area contributed by atoms with E-state index in [2.05, 4.69) is 0 Å². The summed E-state index contributed by atoms with van der Waals surface area (Å²) in [5.74, 6) is -2.71. The quantitative estimate of drug-likeness (QED) is 0.869. The molecule has 1 aromatic carbocycles. The predicted octanol–water partition coefficient (Wildman–Crippen LogP) is 1.73. The van der Waals surface area contributed by atoms with Crippen LogP contribution in [0.25, 0.3) is 0 Å². The van der Waals surface area contributed by atoms with Crippen LogP contribution in [0.2, 0.25) is 0 Å². The number of nitrogens with zero attached hydrogens (tertiary/aromatic N) is 2. The fourth-order valence-electron chi connectivity index (χ4n) is 3.48. The van der Waals surface area contributed by atoms with Gasteiger partial charge in [-0.1, -0.05) is 30.3 Å². The number of pyridine rings is 1. The van der Waals surface area contributed by atoms with E-state index in [9.17, 15) is 24.6 Å². The van der Waals surface area contributed by atoms with E-state index < -0.39 is 28.6 Å². The second-order valence-corrected chi connectivity index (χ2v) is 6.68. The molecule has 1 aliphatic heterocycles. The molecule has 136 valence electrons. The van der Waals surface area contributed by atoms with Gasteiger partial charge in [-0.15, -0.1) is 0 Å². The minimum atomic E-state index is -1.43. The zero-order valence-corrected chi connectivity index (χ0v) is 14.5. The second-order valence-electron chi connectivity index (χ2n) is 6.68. The van der Waals surface area contributed by atoms with Crippen molar-refractivity contribution in [2.75, 3.05) is 0 Å². The van der Waals surface area contributed by atoms with Gasteiger partial charge in [0.2, 0.25) is 5.43 Å². The molecule has 0 bridgehead atoms. The smallest absolute Gasteiger partial charge is 0.341 e. The number of rotatable bonds is 4. The molecule has 0 saturated carbocycles. The standard InChI is InChI=1S/C19H20N2O5/c1-11(2)21-13(8-12-6-4-3-5-7-12)9-20-10-14(19(25)26)16(22)17(23)15(20)18(21)24/h3-7,10-11,13,23H,8-9H2,1-2H3,(H,25,26). The van der Waals surface area contributed by atoms with Gasteiger partial charge in [-0.05, 0) is 25.8 Å². The lowest BCUT2D eigenvalue weighted by Crippen LogP contribution is -2.53. The van der Waals surface area contributed by atoms with Crippen molar-refractivity contribution in [3.63, 3.8) is 0 Å². The van der Waals surface area contributed by atoms with Gasteiger partial charge in [0.1, 0.15) is 5.56 Å². The Balaban J connectivity index is 2.10. The van der Waals surface area contributed by atoms with E-state index in [1.165, 1.54) is 4.57 Å². The number of aromatic hydroxyl groups is 1. The van der Waals surface area contributed by atoms with E-state index in [1.54, 1.807) is 4.90 Å². The molecule has 26 heavy (non-hydrogen) atoms. The maximum atomic E-state index is 13.0. The van der Waals surface area contributed by atoms with Crippen LogP contribution in [0.5, 0.6) is 5.75 Å². The number of carbonyl (C=O) groups is 2. The summed E-state index contributed by atoms with van der Waals surface area (Å²) in [6.07, 6.45) is 1.73. The molecule has 2 heterocycles. The molecule has 2 N–H and O–H groups in total. The molecule has 2 aromatic rings. The van der Waals surface area contributed by atoms with Crippen molar-refractivity contribution >= 4 is 11.9 Å². The molecule has 0 saturated heterocycles. The van der Waals surface area contributed by atoms with Crippen molar-refractivity contribution in [1.29, 1.82) is 0 Å². The zero-order valence-electron chi connectivity index (χ0n) is 14.5. The Morgan fingerprint density at radius 1 is 1.23 bits per heavy atom. The number of amides is 1. The SMILES string of the molecule is CC(C)N1C(=O)c2c(O)c(=O)c(C(=O)O)cn2CC1Cc1ccccc1. The maximum absolute atomic E-state index is 13.0. The molecular formula is C19H20N2O5. The van der Waals surface area contributed by atoms with Crippen LogP contribution in [0.4, 0.5) is 0 Å². The predicted molar refractivity (Wildman–Crippen MR) is 94.6 cm³/mol. The van der Waals surface area contributed by atoms with Crippen LogP contribution < -0.4 is 5.43 Å². The molecule has 0 spiro atoms. The third-order valence-corrected chi connectivity index (χ3v) is 4.59. The lowest BCUT2D eigenvalue weighted by atomic mass is 9.99. The number of fused-ring (bicyclic) bond motifs is 1. The third-order valence-electron chi connectivity index (χ3n) is 4.59. The summed E-state index contributed by atoms with van der Waals surface area (Å²) in [5, 5.41) is 19.4. The van der Waals surface area contributed by atoms with Crippen LogP contribution in [0.3, 0.4) is 0 Å². The minimum absolute atomic E-state index is 0.140. The molecule has 7 heteroatoms. The van der Waals surface area contributed by atoms with Gasteiger partial charge in [0.15, 0.2) is 11.4 Å². The molecule has 0 radical (unpaired) electrons. The van der Waals surface area contributed by atoms with E-state index >= 15 is 0 Å². The molecule has 1 atom stereocenters. The van der Waals surface area contributed by atoms with Crippen molar-refractivity contribution in [2.45, 2.75) is 38.9 Å². The van der Waals surface area contributed by atoms with Crippen LogP contribution in [-0.4, -0.2) is 43.6 Å². The largest absolute Gasteiger partial charge is 0.503 e. The van der Waals surface area contributed by atoms with Crippen molar-refractivity contribution in [3.05, 3.63) is 63.6 Å². The number of benzene rings is 1. The van der Waals surface area contributed by atoms with Crippen LogP contribution in [-0.2, 0) is 13.0 Å².